The van der Waals surface area contributed by atoms with E-state index < -0.39 is 0 Å². The molecular weight excluding hydrogens is 362 g/mol. The number of pyridine rings is 1. The van der Waals surface area contributed by atoms with E-state index in [-0.39, 0.29) is 6.01 Å². The van der Waals surface area contributed by atoms with Crippen LogP contribution in [0, 0.1) is 6.92 Å². The summed E-state index contributed by atoms with van der Waals surface area (Å²) in [6.45, 7) is 3.69. The highest BCUT2D eigenvalue weighted by Gasteiger charge is 2.10. The highest BCUT2D eigenvalue weighted by molar-refractivity contribution is 5.66. The Balaban J connectivity index is 1.50. The molecule has 10 heteroatoms. The van der Waals surface area contributed by atoms with Crippen molar-refractivity contribution >= 4 is 12.2 Å². The van der Waals surface area contributed by atoms with Crippen LogP contribution in [-0.2, 0) is 6.42 Å². The summed E-state index contributed by atoms with van der Waals surface area (Å²) in [4.78, 5) is 20.9. The molecule has 140 valence electrons. The Labute approximate surface area is 159 Å². The van der Waals surface area contributed by atoms with Crippen LogP contribution in [0.2, 0.25) is 0 Å². The van der Waals surface area contributed by atoms with E-state index in [1.807, 2.05) is 6.92 Å². The van der Waals surface area contributed by atoms with Gasteiger partial charge in [0.25, 0.3) is 11.8 Å². The molecule has 0 aromatic carbocycles. The van der Waals surface area contributed by atoms with Crippen molar-refractivity contribution in [3.8, 4) is 23.3 Å². The van der Waals surface area contributed by atoms with Gasteiger partial charge in [-0.2, -0.15) is 15.0 Å². The second-order valence-electron chi connectivity index (χ2n) is 5.66. The first-order chi connectivity index (χ1) is 13.7. The molecule has 0 saturated heterocycles. The number of aromatic nitrogens is 7. The van der Waals surface area contributed by atoms with E-state index in [1.165, 1.54) is 0 Å². The van der Waals surface area contributed by atoms with Gasteiger partial charge in [0.05, 0.1) is 6.20 Å². The highest BCUT2D eigenvalue weighted by atomic mass is 16.5. The van der Waals surface area contributed by atoms with E-state index >= 15 is 0 Å². The molecule has 0 fully saturated rings. The van der Waals surface area contributed by atoms with Gasteiger partial charge in [0, 0.05) is 24.9 Å². The van der Waals surface area contributed by atoms with Gasteiger partial charge in [-0.25, -0.2) is 4.98 Å². The van der Waals surface area contributed by atoms with E-state index in [9.17, 15) is 0 Å². The number of rotatable bonds is 6. The van der Waals surface area contributed by atoms with E-state index in [0.29, 0.717) is 41.3 Å². The predicted molar refractivity (Wildman–Crippen MR) is 97.0 cm³/mol. The fourth-order valence-electron chi connectivity index (χ4n) is 2.24. The minimum atomic E-state index is 0.140. The summed E-state index contributed by atoms with van der Waals surface area (Å²) in [6.07, 6.45) is 9.01. The summed E-state index contributed by atoms with van der Waals surface area (Å²) in [5.41, 5.74) is 1.26. The van der Waals surface area contributed by atoms with Crippen LogP contribution in [0.15, 0.2) is 39.8 Å². The summed E-state index contributed by atoms with van der Waals surface area (Å²) in [7, 11) is 0. The summed E-state index contributed by atoms with van der Waals surface area (Å²) < 4.78 is 15.9. The maximum atomic E-state index is 5.70. The molecule has 0 unspecified atom stereocenters. The van der Waals surface area contributed by atoms with Crippen molar-refractivity contribution in [1.29, 1.82) is 0 Å². The zero-order valence-corrected chi connectivity index (χ0v) is 15.1. The fraction of sp³-hybridized carbons (Fsp3) is 0.167. The molecule has 0 spiro atoms. The Kier molecular flexibility index (Phi) is 4.83. The molecule has 0 saturated carbocycles. The Morgan fingerprint density at radius 3 is 2.79 bits per heavy atom. The van der Waals surface area contributed by atoms with Crippen LogP contribution < -0.4 is 4.74 Å². The average Bonchev–Trinajstić information content (AvgIpc) is 3.36. The first kappa shape index (κ1) is 17.5. The Morgan fingerprint density at radius 2 is 2.00 bits per heavy atom. The molecule has 0 aliphatic heterocycles. The quantitative estimate of drug-likeness (QED) is 0.494. The molecular formula is C18H15N7O3. The van der Waals surface area contributed by atoms with Crippen molar-refractivity contribution in [2.24, 2.45) is 0 Å². The van der Waals surface area contributed by atoms with Crippen molar-refractivity contribution in [3.05, 3.63) is 53.8 Å². The maximum Gasteiger partial charge on any atom is 0.322 e. The van der Waals surface area contributed by atoms with Gasteiger partial charge >= 0.3 is 6.01 Å². The number of hydrogen-bond donors (Lipinski definition) is 0. The Bertz CT molecular complexity index is 1120. The molecule has 0 atom stereocenters. The van der Waals surface area contributed by atoms with Crippen LogP contribution >= 0.6 is 0 Å². The first-order valence-electron chi connectivity index (χ1n) is 8.47. The third-order valence-corrected chi connectivity index (χ3v) is 3.54. The van der Waals surface area contributed by atoms with Gasteiger partial charge in [0.15, 0.2) is 11.6 Å². The van der Waals surface area contributed by atoms with Gasteiger partial charge in [-0.3, -0.25) is 4.98 Å². The lowest BCUT2D eigenvalue weighted by molar-refractivity contribution is 0.403. The zero-order valence-electron chi connectivity index (χ0n) is 15.1. The molecule has 10 nitrogen and oxygen atoms in total. The van der Waals surface area contributed by atoms with Crippen LogP contribution in [0.5, 0.6) is 11.8 Å². The smallest absolute Gasteiger partial charge is 0.322 e. The van der Waals surface area contributed by atoms with Gasteiger partial charge in [-0.15, -0.1) is 0 Å². The highest BCUT2D eigenvalue weighted by Crippen LogP contribution is 2.21. The lowest BCUT2D eigenvalue weighted by atomic mass is 10.2. The van der Waals surface area contributed by atoms with Crippen molar-refractivity contribution in [2.75, 3.05) is 0 Å². The topological polar surface area (TPSA) is 126 Å². The molecule has 0 N–H and O–H groups in total. The SMILES string of the molecule is CCc1noc(/C=C/c2cncc(Oc3nccc(-c4nc(C)no4)n3)c2)n1. The summed E-state index contributed by atoms with van der Waals surface area (Å²) in [5, 5.41) is 7.59. The van der Waals surface area contributed by atoms with Gasteiger partial charge < -0.3 is 13.8 Å². The Hall–Kier alpha value is -3.95. The van der Waals surface area contributed by atoms with Gasteiger partial charge in [-0.1, -0.05) is 17.2 Å². The summed E-state index contributed by atoms with van der Waals surface area (Å²) >= 11 is 0. The third kappa shape index (κ3) is 4.06. The molecule has 0 bridgehead atoms. The second-order valence-corrected chi connectivity index (χ2v) is 5.66. The molecule has 0 aliphatic rings. The Morgan fingerprint density at radius 1 is 1.07 bits per heavy atom. The van der Waals surface area contributed by atoms with Crippen molar-refractivity contribution in [2.45, 2.75) is 20.3 Å². The zero-order chi connectivity index (χ0) is 19.3. The number of aryl methyl sites for hydroxylation is 2. The van der Waals surface area contributed by atoms with Gasteiger partial charge in [-0.05, 0) is 30.7 Å². The molecule has 0 aliphatic carbocycles. The number of ether oxygens (including phenoxy) is 1. The van der Waals surface area contributed by atoms with Gasteiger partial charge in [0.1, 0.15) is 11.4 Å². The van der Waals surface area contributed by atoms with Crippen LogP contribution in [-0.4, -0.2) is 35.2 Å². The van der Waals surface area contributed by atoms with Crippen molar-refractivity contribution in [1.82, 2.24) is 35.2 Å². The summed E-state index contributed by atoms with van der Waals surface area (Å²) in [6, 6.07) is 3.58. The lowest BCUT2D eigenvalue weighted by Crippen LogP contribution is -1.94. The van der Waals surface area contributed by atoms with E-state index in [4.69, 9.17) is 13.8 Å². The van der Waals surface area contributed by atoms with E-state index in [0.717, 1.165) is 5.56 Å². The third-order valence-electron chi connectivity index (χ3n) is 3.54. The van der Waals surface area contributed by atoms with Crippen LogP contribution in [0.3, 0.4) is 0 Å². The number of nitrogens with zero attached hydrogens (tertiary/aromatic N) is 7. The van der Waals surface area contributed by atoms with E-state index in [1.54, 1.807) is 49.8 Å². The monoisotopic (exact) mass is 377 g/mol. The molecule has 4 heterocycles. The van der Waals surface area contributed by atoms with Crippen LogP contribution in [0.1, 0.15) is 30.0 Å². The molecule has 28 heavy (non-hydrogen) atoms. The second kappa shape index (κ2) is 7.74. The first-order valence-corrected chi connectivity index (χ1v) is 8.47. The maximum absolute atomic E-state index is 5.70. The minimum absolute atomic E-state index is 0.140. The fourth-order valence-corrected chi connectivity index (χ4v) is 2.24. The molecule has 0 amide bonds. The molecule has 4 rings (SSSR count). The molecule has 4 aromatic rings. The van der Waals surface area contributed by atoms with Crippen molar-refractivity contribution < 1.29 is 13.8 Å². The molecule has 0 radical (unpaired) electrons. The van der Waals surface area contributed by atoms with Gasteiger partial charge in [0.2, 0.25) is 0 Å². The minimum Gasteiger partial charge on any atom is -0.423 e. The standard InChI is InChI=1S/C18H15N7O3/c1-3-15-23-16(27-25-15)5-4-12-8-13(10-19-9-12)26-18-20-7-6-14(22-18)17-21-11(2)24-28-17/h4-10H,3H2,1-2H3/b5-4+. The lowest BCUT2D eigenvalue weighted by Gasteiger charge is -2.04. The van der Waals surface area contributed by atoms with Crippen LogP contribution in [0.25, 0.3) is 23.7 Å². The van der Waals surface area contributed by atoms with Crippen molar-refractivity contribution in [3.63, 3.8) is 0 Å². The van der Waals surface area contributed by atoms with E-state index in [2.05, 4.69) is 35.2 Å². The number of hydrogen-bond acceptors (Lipinski definition) is 10. The molecule has 4 aromatic heterocycles. The average molecular weight is 377 g/mol. The predicted octanol–water partition coefficient (Wildman–Crippen LogP) is 3.14. The largest absolute Gasteiger partial charge is 0.423 e. The summed E-state index contributed by atoms with van der Waals surface area (Å²) in [5.74, 6) is 2.37. The van der Waals surface area contributed by atoms with Crippen LogP contribution in [0.4, 0.5) is 0 Å². The normalized spacial score (nSPS) is 11.2.